The van der Waals surface area contributed by atoms with E-state index in [2.05, 4.69) is 13.8 Å². The maximum absolute atomic E-state index is 6.14. The highest BCUT2D eigenvalue weighted by molar-refractivity contribution is 4.76. The first-order chi connectivity index (χ1) is 6.70. The molecule has 2 nitrogen and oxygen atoms in total. The molecule has 1 rings (SSSR count). The van der Waals surface area contributed by atoms with Gasteiger partial charge in [0.05, 0.1) is 6.10 Å². The molecule has 0 amide bonds. The summed E-state index contributed by atoms with van der Waals surface area (Å²) in [4.78, 5) is 0. The van der Waals surface area contributed by atoms with Crippen LogP contribution in [0.2, 0.25) is 0 Å². The van der Waals surface area contributed by atoms with E-state index in [1.54, 1.807) is 0 Å². The molecule has 1 aliphatic rings. The Bertz CT molecular complexity index is 147. The van der Waals surface area contributed by atoms with Crippen LogP contribution in [0.25, 0.3) is 0 Å². The summed E-state index contributed by atoms with van der Waals surface area (Å²) < 4.78 is 5.58. The molecule has 0 spiro atoms. The minimum absolute atomic E-state index is 0.358. The Kier molecular flexibility index (Phi) is 5.49. The van der Waals surface area contributed by atoms with Crippen molar-refractivity contribution in [1.82, 2.24) is 0 Å². The SMILES string of the molecule is CC(C)OCCC1CCCCCC1N. The summed E-state index contributed by atoms with van der Waals surface area (Å²) in [5, 5.41) is 0. The highest BCUT2D eigenvalue weighted by Gasteiger charge is 2.19. The Morgan fingerprint density at radius 3 is 2.64 bits per heavy atom. The van der Waals surface area contributed by atoms with Gasteiger partial charge in [-0.25, -0.2) is 0 Å². The largest absolute Gasteiger partial charge is 0.379 e. The van der Waals surface area contributed by atoms with E-state index in [4.69, 9.17) is 10.5 Å². The van der Waals surface area contributed by atoms with Gasteiger partial charge in [0, 0.05) is 12.6 Å². The van der Waals surface area contributed by atoms with Gasteiger partial charge in [0.1, 0.15) is 0 Å². The maximum atomic E-state index is 6.14. The monoisotopic (exact) mass is 199 g/mol. The van der Waals surface area contributed by atoms with E-state index in [1.165, 1.54) is 32.1 Å². The van der Waals surface area contributed by atoms with Gasteiger partial charge in [-0.1, -0.05) is 19.3 Å². The number of nitrogens with two attached hydrogens (primary N) is 1. The van der Waals surface area contributed by atoms with E-state index in [9.17, 15) is 0 Å². The molecule has 2 heteroatoms. The Morgan fingerprint density at radius 1 is 1.21 bits per heavy atom. The van der Waals surface area contributed by atoms with E-state index in [1.807, 2.05) is 0 Å². The van der Waals surface area contributed by atoms with Crippen molar-refractivity contribution in [3.05, 3.63) is 0 Å². The molecule has 2 N–H and O–H groups in total. The van der Waals surface area contributed by atoms with Crippen molar-refractivity contribution in [2.45, 2.75) is 64.5 Å². The molecule has 0 aromatic heterocycles. The van der Waals surface area contributed by atoms with Crippen LogP contribution in [0.15, 0.2) is 0 Å². The standard InChI is InChI=1S/C12H25NO/c1-10(2)14-9-8-11-6-4-3-5-7-12(11)13/h10-12H,3-9,13H2,1-2H3. The number of hydrogen-bond acceptors (Lipinski definition) is 2. The highest BCUT2D eigenvalue weighted by Crippen LogP contribution is 2.24. The molecule has 1 aliphatic carbocycles. The number of ether oxygens (including phenoxy) is 1. The topological polar surface area (TPSA) is 35.2 Å². The van der Waals surface area contributed by atoms with Gasteiger partial charge in [-0.3, -0.25) is 0 Å². The molecule has 84 valence electrons. The molecule has 2 atom stereocenters. The van der Waals surface area contributed by atoms with Crippen LogP contribution in [-0.2, 0) is 4.74 Å². The second-order valence-corrected chi connectivity index (χ2v) is 4.77. The predicted octanol–water partition coefficient (Wildman–Crippen LogP) is 2.71. The van der Waals surface area contributed by atoms with Crippen LogP contribution in [-0.4, -0.2) is 18.8 Å². The first kappa shape index (κ1) is 12.0. The lowest BCUT2D eigenvalue weighted by atomic mass is 9.93. The molecule has 0 bridgehead atoms. The van der Waals surface area contributed by atoms with Gasteiger partial charge in [0.15, 0.2) is 0 Å². The zero-order chi connectivity index (χ0) is 10.4. The van der Waals surface area contributed by atoms with Crippen molar-refractivity contribution in [2.24, 2.45) is 11.7 Å². The van der Waals surface area contributed by atoms with Gasteiger partial charge in [-0.05, 0) is 39.0 Å². The first-order valence-electron chi connectivity index (χ1n) is 6.07. The summed E-state index contributed by atoms with van der Waals surface area (Å²) in [5.41, 5.74) is 6.14. The first-order valence-corrected chi connectivity index (χ1v) is 6.07. The molecular weight excluding hydrogens is 174 g/mol. The van der Waals surface area contributed by atoms with Crippen LogP contribution in [0.3, 0.4) is 0 Å². The fourth-order valence-electron chi connectivity index (χ4n) is 2.23. The van der Waals surface area contributed by atoms with E-state index in [-0.39, 0.29) is 0 Å². The summed E-state index contributed by atoms with van der Waals surface area (Å²) in [6, 6.07) is 0.424. The van der Waals surface area contributed by atoms with Crippen molar-refractivity contribution in [3.8, 4) is 0 Å². The van der Waals surface area contributed by atoms with Crippen molar-refractivity contribution in [3.63, 3.8) is 0 Å². The number of hydrogen-bond donors (Lipinski definition) is 1. The Labute approximate surface area is 88.2 Å². The molecule has 0 aromatic rings. The van der Waals surface area contributed by atoms with E-state index in [0.717, 1.165) is 13.0 Å². The second-order valence-electron chi connectivity index (χ2n) is 4.77. The summed E-state index contributed by atoms with van der Waals surface area (Å²) in [5.74, 6) is 0.705. The van der Waals surface area contributed by atoms with E-state index < -0.39 is 0 Å². The van der Waals surface area contributed by atoms with Gasteiger partial charge in [0.2, 0.25) is 0 Å². The smallest absolute Gasteiger partial charge is 0.0518 e. The maximum Gasteiger partial charge on any atom is 0.0518 e. The highest BCUT2D eigenvalue weighted by atomic mass is 16.5. The van der Waals surface area contributed by atoms with Gasteiger partial charge < -0.3 is 10.5 Å². The van der Waals surface area contributed by atoms with Crippen LogP contribution < -0.4 is 5.73 Å². The average molecular weight is 199 g/mol. The fourth-order valence-corrected chi connectivity index (χ4v) is 2.23. The molecule has 0 radical (unpaired) electrons. The zero-order valence-electron chi connectivity index (χ0n) is 9.67. The normalized spacial score (nSPS) is 29.1. The molecular formula is C12H25NO. The van der Waals surface area contributed by atoms with Crippen LogP contribution in [0.1, 0.15) is 52.4 Å². The van der Waals surface area contributed by atoms with Crippen LogP contribution in [0, 0.1) is 5.92 Å². The van der Waals surface area contributed by atoms with Crippen molar-refractivity contribution >= 4 is 0 Å². The molecule has 0 saturated heterocycles. The summed E-state index contributed by atoms with van der Waals surface area (Å²) in [6.45, 7) is 5.07. The minimum atomic E-state index is 0.358. The minimum Gasteiger partial charge on any atom is -0.379 e. The van der Waals surface area contributed by atoms with Gasteiger partial charge in [-0.15, -0.1) is 0 Å². The molecule has 1 fully saturated rings. The Morgan fingerprint density at radius 2 is 1.93 bits per heavy atom. The van der Waals surface area contributed by atoms with Crippen LogP contribution in [0.5, 0.6) is 0 Å². The third-order valence-electron chi connectivity index (χ3n) is 3.16. The van der Waals surface area contributed by atoms with Crippen molar-refractivity contribution in [2.75, 3.05) is 6.61 Å². The lowest BCUT2D eigenvalue weighted by Gasteiger charge is -2.21. The quantitative estimate of drug-likeness (QED) is 0.707. The molecule has 0 heterocycles. The lowest BCUT2D eigenvalue weighted by Crippen LogP contribution is -2.30. The molecule has 14 heavy (non-hydrogen) atoms. The predicted molar refractivity (Wildman–Crippen MR) is 60.3 cm³/mol. The van der Waals surface area contributed by atoms with Crippen LogP contribution in [0.4, 0.5) is 0 Å². The summed E-state index contributed by atoms with van der Waals surface area (Å²) in [6.07, 6.45) is 8.09. The third kappa shape index (κ3) is 4.43. The van der Waals surface area contributed by atoms with Crippen molar-refractivity contribution in [1.29, 1.82) is 0 Å². The Balaban J connectivity index is 2.19. The number of rotatable bonds is 4. The average Bonchev–Trinajstić information content (AvgIpc) is 2.31. The van der Waals surface area contributed by atoms with Gasteiger partial charge >= 0.3 is 0 Å². The Hall–Kier alpha value is -0.0800. The van der Waals surface area contributed by atoms with E-state index in [0.29, 0.717) is 18.1 Å². The van der Waals surface area contributed by atoms with Crippen molar-refractivity contribution < 1.29 is 4.74 Å². The second kappa shape index (κ2) is 6.41. The lowest BCUT2D eigenvalue weighted by molar-refractivity contribution is 0.0653. The zero-order valence-corrected chi connectivity index (χ0v) is 9.67. The molecule has 1 saturated carbocycles. The summed E-state index contributed by atoms with van der Waals surface area (Å²) in [7, 11) is 0. The van der Waals surface area contributed by atoms with Crippen LogP contribution >= 0.6 is 0 Å². The molecule has 2 unspecified atom stereocenters. The third-order valence-corrected chi connectivity index (χ3v) is 3.16. The summed E-state index contributed by atoms with van der Waals surface area (Å²) >= 11 is 0. The van der Waals surface area contributed by atoms with Gasteiger partial charge in [-0.2, -0.15) is 0 Å². The fraction of sp³-hybridized carbons (Fsp3) is 1.00. The van der Waals surface area contributed by atoms with Gasteiger partial charge in [0.25, 0.3) is 0 Å². The molecule has 0 aliphatic heterocycles. The van der Waals surface area contributed by atoms with E-state index >= 15 is 0 Å². The molecule has 0 aromatic carbocycles.